The molecule has 0 spiro atoms. The van der Waals surface area contributed by atoms with Crippen LogP contribution < -0.4 is 0 Å². The molecular formula is C16H17F3N4O. The molecule has 1 fully saturated rings. The maximum Gasteiger partial charge on any atom is 0.418 e. The summed E-state index contributed by atoms with van der Waals surface area (Å²) >= 11 is 0. The number of pyridine rings is 1. The van der Waals surface area contributed by atoms with Crippen LogP contribution in [0.25, 0.3) is 0 Å². The van der Waals surface area contributed by atoms with Crippen LogP contribution in [0.3, 0.4) is 0 Å². The number of alkyl halides is 3. The van der Waals surface area contributed by atoms with E-state index in [1.807, 2.05) is 13.2 Å². The SMILES string of the molecule is Cn1cc(C2CCN(C(=O)c3ccncc3C(F)(F)F)CC2)cn1. The molecule has 1 aliphatic rings. The Labute approximate surface area is 137 Å². The van der Waals surface area contributed by atoms with E-state index in [-0.39, 0.29) is 11.5 Å². The topological polar surface area (TPSA) is 51.0 Å². The maximum atomic E-state index is 13.0. The molecule has 0 aromatic carbocycles. The van der Waals surface area contributed by atoms with E-state index in [0.29, 0.717) is 32.1 Å². The molecule has 1 aliphatic heterocycles. The van der Waals surface area contributed by atoms with Crippen molar-refractivity contribution in [2.75, 3.05) is 13.1 Å². The highest BCUT2D eigenvalue weighted by atomic mass is 19.4. The predicted molar refractivity (Wildman–Crippen MR) is 80.3 cm³/mol. The lowest BCUT2D eigenvalue weighted by Crippen LogP contribution is -2.38. The van der Waals surface area contributed by atoms with Gasteiger partial charge in [0.25, 0.3) is 5.91 Å². The molecule has 1 amide bonds. The molecule has 24 heavy (non-hydrogen) atoms. The van der Waals surface area contributed by atoms with Crippen molar-refractivity contribution in [2.24, 2.45) is 7.05 Å². The van der Waals surface area contributed by atoms with Gasteiger partial charge >= 0.3 is 6.18 Å². The zero-order valence-electron chi connectivity index (χ0n) is 13.1. The summed E-state index contributed by atoms with van der Waals surface area (Å²) in [6.07, 6.45) is 2.49. The van der Waals surface area contributed by atoms with Crippen molar-refractivity contribution in [3.05, 3.63) is 47.5 Å². The van der Waals surface area contributed by atoms with Crippen molar-refractivity contribution in [1.82, 2.24) is 19.7 Å². The van der Waals surface area contributed by atoms with Crippen LogP contribution in [0, 0.1) is 0 Å². The van der Waals surface area contributed by atoms with Crippen molar-refractivity contribution in [3.63, 3.8) is 0 Å². The number of aryl methyl sites for hydroxylation is 1. The van der Waals surface area contributed by atoms with E-state index in [1.54, 1.807) is 10.9 Å². The summed E-state index contributed by atoms with van der Waals surface area (Å²) in [5, 5.41) is 4.14. The Kier molecular flexibility index (Phi) is 4.29. The largest absolute Gasteiger partial charge is 0.418 e. The molecule has 0 N–H and O–H groups in total. The Bertz CT molecular complexity index is 733. The van der Waals surface area contributed by atoms with Crippen LogP contribution >= 0.6 is 0 Å². The van der Waals surface area contributed by atoms with Crippen LogP contribution in [0.4, 0.5) is 13.2 Å². The van der Waals surface area contributed by atoms with E-state index in [1.165, 1.54) is 11.1 Å². The number of likely N-dealkylation sites (tertiary alicyclic amines) is 1. The highest BCUT2D eigenvalue weighted by Gasteiger charge is 2.37. The van der Waals surface area contributed by atoms with Crippen molar-refractivity contribution in [3.8, 4) is 0 Å². The van der Waals surface area contributed by atoms with E-state index in [0.717, 1.165) is 11.6 Å². The predicted octanol–water partition coefficient (Wildman–Crippen LogP) is 2.85. The van der Waals surface area contributed by atoms with Crippen LogP contribution in [-0.4, -0.2) is 38.7 Å². The van der Waals surface area contributed by atoms with Gasteiger partial charge in [0, 0.05) is 38.7 Å². The van der Waals surface area contributed by atoms with E-state index < -0.39 is 17.6 Å². The smallest absolute Gasteiger partial charge is 0.339 e. The average Bonchev–Trinajstić information content (AvgIpc) is 3.00. The molecule has 0 unspecified atom stereocenters. The first-order chi connectivity index (χ1) is 11.4. The van der Waals surface area contributed by atoms with Crippen molar-refractivity contribution in [1.29, 1.82) is 0 Å². The molecule has 1 saturated heterocycles. The quantitative estimate of drug-likeness (QED) is 0.846. The number of piperidine rings is 1. The van der Waals surface area contributed by atoms with Gasteiger partial charge in [0.1, 0.15) is 0 Å². The highest BCUT2D eigenvalue weighted by molar-refractivity contribution is 5.95. The first-order valence-electron chi connectivity index (χ1n) is 7.65. The molecule has 5 nitrogen and oxygen atoms in total. The van der Waals surface area contributed by atoms with Crippen LogP contribution in [-0.2, 0) is 13.2 Å². The molecule has 0 atom stereocenters. The number of nitrogens with zero attached hydrogens (tertiary/aromatic N) is 4. The molecule has 0 saturated carbocycles. The second kappa shape index (κ2) is 6.26. The number of aromatic nitrogens is 3. The number of hydrogen-bond donors (Lipinski definition) is 0. The summed E-state index contributed by atoms with van der Waals surface area (Å²) in [5.74, 6) is -0.309. The Morgan fingerprint density at radius 1 is 1.25 bits per heavy atom. The van der Waals surface area contributed by atoms with Crippen LogP contribution in [0.5, 0.6) is 0 Å². The number of amides is 1. The molecule has 128 valence electrons. The van der Waals surface area contributed by atoms with Gasteiger partial charge in [-0.15, -0.1) is 0 Å². The number of hydrogen-bond acceptors (Lipinski definition) is 3. The third kappa shape index (κ3) is 3.27. The van der Waals surface area contributed by atoms with Crippen LogP contribution in [0.1, 0.15) is 40.2 Å². The summed E-state index contributed by atoms with van der Waals surface area (Å²) in [7, 11) is 1.84. The lowest BCUT2D eigenvalue weighted by molar-refractivity contribution is -0.138. The van der Waals surface area contributed by atoms with Gasteiger partial charge in [0.2, 0.25) is 0 Å². The third-order valence-corrected chi connectivity index (χ3v) is 4.34. The van der Waals surface area contributed by atoms with Gasteiger partial charge in [-0.25, -0.2) is 0 Å². The van der Waals surface area contributed by atoms with E-state index in [2.05, 4.69) is 10.1 Å². The number of carbonyl (C=O) groups is 1. The molecule has 0 bridgehead atoms. The summed E-state index contributed by atoms with van der Waals surface area (Å²) in [6.45, 7) is 0.857. The van der Waals surface area contributed by atoms with Gasteiger partial charge in [-0.2, -0.15) is 18.3 Å². The van der Waals surface area contributed by atoms with Gasteiger partial charge in [-0.05, 0) is 30.4 Å². The normalized spacial score (nSPS) is 16.4. The fraction of sp³-hybridized carbons (Fsp3) is 0.438. The average molecular weight is 338 g/mol. The van der Waals surface area contributed by atoms with Gasteiger partial charge in [-0.3, -0.25) is 14.5 Å². The van der Waals surface area contributed by atoms with E-state index in [9.17, 15) is 18.0 Å². The molecule has 3 rings (SSSR count). The summed E-state index contributed by atoms with van der Waals surface area (Å²) < 4.78 is 40.8. The zero-order valence-corrected chi connectivity index (χ0v) is 13.1. The number of carbonyl (C=O) groups excluding carboxylic acids is 1. The Balaban J connectivity index is 1.72. The lowest BCUT2D eigenvalue weighted by Gasteiger charge is -2.32. The van der Waals surface area contributed by atoms with E-state index >= 15 is 0 Å². The van der Waals surface area contributed by atoms with Gasteiger partial charge in [-0.1, -0.05) is 0 Å². The monoisotopic (exact) mass is 338 g/mol. The first-order valence-corrected chi connectivity index (χ1v) is 7.65. The molecule has 3 heterocycles. The van der Waals surface area contributed by atoms with Gasteiger partial charge in [0.15, 0.2) is 0 Å². The minimum atomic E-state index is -4.59. The molecule has 8 heteroatoms. The van der Waals surface area contributed by atoms with E-state index in [4.69, 9.17) is 0 Å². The van der Waals surface area contributed by atoms with Crippen LogP contribution in [0.2, 0.25) is 0 Å². The minimum absolute atomic E-state index is 0.280. The fourth-order valence-corrected chi connectivity index (χ4v) is 3.04. The minimum Gasteiger partial charge on any atom is -0.339 e. The lowest BCUT2D eigenvalue weighted by atomic mass is 9.91. The number of halogens is 3. The van der Waals surface area contributed by atoms with Crippen molar-refractivity contribution < 1.29 is 18.0 Å². The first kappa shape index (κ1) is 16.5. The third-order valence-electron chi connectivity index (χ3n) is 4.34. The molecule has 0 radical (unpaired) electrons. The van der Waals surface area contributed by atoms with Gasteiger partial charge < -0.3 is 4.90 Å². The summed E-state index contributed by atoms with van der Waals surface area (Å²) in [4.78, 5) is 17.5. The van der Waals surface area contributed by atoms with Crippen LogP contribution in [0.15, 0.2) is 30.9 Å². The molecule has 0 aliphatic carbocycles. The molecular weight excluding hydrogens is 321 g/mol. The maximum absolute atomic E-state index is 13.0. The van der Waals surface area contributed by atoms with Crippen molar-refractivity contribution >= 4 is 5.91 Å². The molecule has 2 aromatic rings. The summed E-state index contributed by atoms with van der Waals surface area (Å²) in [5.41, 5.74) is -0.216. The fourth-order valence-electron chi connectivity index (χ4n) is 3.04. The second-order valence-corrected chi connectivity index (χ2v) is 5.93. The van der Waals surface area contributed by atoms with Gasteiger partial charge in [0.05, 0.1) is 17.3 Å². The standard InChI is InChI=1S/C16H17F3N4O/c1-22-10-12(8-21-22)11-3-6-23(7-4-11)15(24)13-2-5-20-9-14(13)16(17,18)19/h2,5,8-11H,3-4,6-7H2,1H3. The Hall–Kier alpha value is -2.38. The Morgan fingerprint density at radius 2 is 1.96 bits per heavy atom. The number of rotatable bonds is 2. The summed E-state index contributed by atoms with van der Waals surface area (Å²) in [6, 6.07) is 1.14. The highest BCUT2D eigenvalue weighted by Crippen LogP contribution is 2.33. The van der Waals surface area contributed by atoms with Crippen molar-refractivity contribution in [2.45, 2.75) is 24.9 Å². The molecule has 2 aromatic heterocycles. The second-order valence-electron chi connectivity index (χ2n) is 5.93. The zero-order chi connectivity index (χ0) is 17.3. The Morgan fingerprint density at radius 3 is 2.54 bits per heavy atom.